The summed E-state index contributed by atoms with van der Waals surface area (Å²) >= 11 is 0. The number of hydrogen-bond donors (Lipinski definition) is 1. The Hall–Kier alpha value is -3.08. The first-order valence-corrected chi connectivity index (χ1v) is 11.2. The van der Waals surface area contributed by atoms with Crippen molar-refractivity contribution in [3.63, 3.8) is 0 Å². The Kier molecular flexibility index (Phi) is 6.12. The zero-order valence-electron chi connectivity index (χ0n) is 18.3. The van der Waals surface area contributed by atoms with E-state index in [4.69, 9.17) is 0 Å². The topological polar surface area (TPSA) is 60.9 Å². The van der Waals surface area contributed by atoms with Crippen LogP contribution in [0.4, 0.5) is 11.4 Å². The number of hydrogen-bond acceptors (Lipinski definition) is 4. The molecule has 1 amide bonds. The van der Waals surface area contributed by atoms with Crippen molar-refractivity contribution in [2.24, 2.45) is 5.92 Å². The Morgan fingerprint density at radius 2 is 1.58 bits per heavy atom. The number of anilines is 2. The maximum absolute atomic E-state index is 13.1. The number of amides is 1. The number of carbonyl (C=O) groups excluding carboxylic acids is 2. The largest absolute Gasteiger partial charge is 0.503 e. The van der Waals surface area contributed by atoms with Gasteiger partial charge >= 0.3 is 0 Å². The van der Waals surface area contributed by atoms with Gasteiger partial charge in [0, 0.05) is 30.9 Å². The molecular formula is C26H30N2O3. The van der Waals surface area contributed by atoms with Gasteiger partial charge < -0.3 is 10.0 Å². The number of nitrogens with zero attached hydrogens (tertiary/aromatic N) is 2. The Morgan fingerprint density at radius 1 is 0.968 bits per heavy atom. The highest BCUT2D eigenvalue weighted by Gasteiger charge is 2.44. The van der Waals surface area contributed by atoms with Crippen molar-refractivity contribution in [2.45, 2.75) is 45.6 Å². The van der Waals surface area contributed by atoms with Crippen LogP contribution >= 0.6 is 0 Å². The summed E-state index contributed by atoms with van der Waals surface area (Å²) < 4.78 is 0. The van der Waals surface area contributed by atoms with E-state index in [-0.39, 0.29) is 23.7 Å². The van der Waals surface area contributed by atoms with E-state index in [0.717, 1.165) is 24.3 Å². The first-order valence-electron chi connectivity index (χ1n) is 11.2. The van der Waals surface area contributed by atoms with Crippen molar-refractivity contribution in [3.8, 4) is 0 Å². The average Bonchev–Trinajstić information content (AvgIpc) is 3.05. The first kappa shape index (κ1) is 21.2. The molecule has 2 heterocycles. The van der Waals surface area contributed by atoms with Gasteiger partial charge in [-0.2, -0.15) is 0 Å². The minimum Gasteiger partial charge on any atom is -0.503 e. The molecule has 162 valence electrons. The third kappa shape index (κ3) is 4.22. The maximum Gasteiger partial charge on any atom is 0.294 e. The van der Waals surface area contributed by atoms with Gasteiger partial charge in [0.1, 0.15) is 0 Å². The zero-order valence-corrected chi connectivity index (χ0v) is 18.3. The second-order valence-electron chi connectivity index (χ2n) is 8.84. The first-order chi connectivity index (χ1) is 15.0. The predicted octanol–water partition coefficient (Wildman–Crippen LogP) is 5.19. The summed E-state index contributed by atoms with van der Waals surface area (Å²) in [5.41, 5.74) is 2.83. The molecule has 0 aromatic heterocycles. The van der Waals surface area contributed by atoms with Crippen LogP contribution in [0.3, 0.4) is 0 Å². The summed E-state index contributed by atoms with van der Waals surface area (Å²) in [6, 6.07) is 16.7. The second kappa shape index (κ2) is 8.96. The van der Waals surface area contributed by atoms with Crippen LogP contribution in [0.1, 0.15) is 51.1 Å². The maximum atomic E-state index is 13.1. The van der Waals surface area contributed by atoms with Crippen LogP contribution < -0.4 is 9.80 Å². The number of benzene rings is 2. The molecule has 2 aromatic rings. The van der Waals surface area contributed by atoms with Crippen molar-refractivity contribution in [3.05, 3.63) is 71.5 Å². The standard InChI is InChI=1S/C26H30N2O3/c1-18(2)17-22(29)23-24(19-9-5-3-6-10-19)28(26(31)25(23)30)21-13-11-20(12-14-21)27-15-7-4-8-16-27/h3,5-6,9-14,18,24,30H,4,7-8,15-17H2,1-2H3. The summed E-state index contributed by atoms with van der Waals surface area (Å²) in [5.74, 6) is -0.995. The van der Waals surface area contributed by atoms with Crippen molar-refractivity contribution in [2.75, 3.05) is 22.9 Å². The molecule has 5 heteroatoms. The lowest BCUT2D eigenvalue weighted by molar-refractivity contribution is -0.118. The molecule has 1 unspecified atom stereocenters. The van der Waals surface area contributed by atoms with Crippen molar-refractivity contribution in [1.82, 2.24) is 0 Å². The van der Waals surface area contributed by atoms with Crippen LogP contribution in [0.25, 0.3) is 0 Å². The number of aliphatic hydroxyl groups is 1. The molecule has 4 rings (SSSR count). The normalized spacial score (nSPS) is 19.5. The molecule has 1 atom stereocenters. The van der Waals surface area contributed by atoms with Gasteiger partial charge in [-0.05, 0) is 55.0 Å². The van der Waals surface area contributed by atoms with E-state index in [9.17, 15) is 14.7 Å². The van der Waals surface area contributed by atoms with Crippen LogP contribution in [0, 0.1) is 5.92 Å². The molecule has 1 fully saturated rings. The van der Waals surface area contributed by atoms with Crippen LogP contribution in [-0.2, 0) is 9.59 Å². The molecule has 5 nitrogen and oxygen atoms in total. The highest BCUT2D eigenvalue weighted by atomic mass is 16.3. The number of ketones is 1. The van der Waals surface area contributed by atoms with Crippen LogP contribution in [0.15, 0.2) is 65.9 Å². The van der Waals surface area contributed by atoms with E-state index in [1.54, 1.807) is 4.90 Å². The van der Waals surface area contributed by atoms with E-state index < -0.39 is 17.7 Å². The highest BCUT2D eigenvalue weighted by molar-refractivity contribution is 6.16. The van der Waals surface area contributed by atoms with Crippen molar-refractivity contribution in [1.29, 1.82) is 0 Å². The number of rotatable bonds is 6. The Balaban J connectivity index is 1.70. The lowest BCUT2D eigenvalue weighted by Crippen LogP contribution is -2.31. The van der Waals surface area contributed by atoms with Gasteiger partial charge in [-0.25, -0.2) is 0 Å². The SMILES string of the molecule is CC(C)CC(=O)C1=C(O)C(=O)N(c2ccc(N3CCCCC3)cc2)C1c1ccccc1. The van der Waals surface area contributed by atoms with Crippen molar-refractivity contribution >= 4 is 23.1 Å². The molecule has 31 heavy (non-hydrogen) atoms. The second-order valence-corrected chi connectivity index (χ2v) is 8.84. The molecule has 0 bridgehead atoms. The van der Waals surface area contributed by atoms with Gasteiger partial charge in [0.15, 0.2) is 11.5 Å². The third-order valence-corrected chi connectivity index (χ3v) is 6.07. The van der Waals surface area contributed by atoms with Gasteiger partial charge in [0.05, 0.1) is 11.6 Å². The quantitative estimate of drug-likeness (QED) is 0.701. The third-order valence-electron chi connectivity index (χ3n) is 6.07. The Morgan fingerprint density at radius 3 is 2.19 bits per heavy atom. The molecule has 0 saturated carbocycles. The Bertz CT molecular complexity index is 973. The summed E-state index contributed by atoms with van der Waals surface area (Å²) in [6.07, 6.45) is 3.95. The van der Waals surface area contributed by atoms with E-state index >= 15 is 0 Å². The van der Waals surface area contributed by atoms with E-state index in [1.807, 2.05) is 68.4 Å². The van der Waals surface area contributed by atoms with Crippen LogP contribution in [0.5, 0.6) is 0 Å². The van der Waals surface area contributed by atoms with Crippen LogP contribution in [-0.4, -0.2) is 29.9 Å². The Labute approximate surface area is 184 Å². The summed E-state index contributed by atoms with van der Waals surface area (Å²) in [5, 5.41) is 10.7. The fraction of sp³-hybridized carbons (Fsp3) is 0.385. The smallest absolute Gasteiger partial charge is 0.294 e. The van der Waals surface area contributed by atoms with Crippen molar-refractivity contribution < 1.29 is 14.7 Å². The van der Waals surface area contributed by atoms with Gasteiger partial charge in [-0.1, -0.05) is 44.2 Å². The van der Waals surface area contributed by atoms with E-state index in [2.05, 4.69) is 4.90 Å². The number of piperidine rings is 1. The van der Waals surface area contributed by atoms with Gasteiger partial charge in [-0.15, -0.1) is 0 Å². The molecule has 0 aliphatic carbocycles. The monoisotopic (exact) mass is 418 g/mol. The summed E-state index contributed by atoms with van der Waals surface area (Å²) in [6.45, 7) is 6.01. The molecule has 1 N–H and O–H groups in total. The summed E-state index contributed by atoms with van der Waals surface area (Å²) in [7, 11) is 0. The van der Waals surface area contributed by atoms with Crippen LogP contribution in [0.2, 0.25) is 0 Å². The fourth-order valence-electron chi connectivity index (χ4n) is 4.56. The van der Waals surface area contributed by atoms with E-state index in [1.165, 1.54) is 19.3 Å². The minimum atomic E-state index is -0.624. The molecule has 2 aromatic carbocycles. The molecule has 0 spiro atoms. The molecule has 2 aliphatic heterocycles. The number of carbonyl (C=O) groups is 2. The number of aliphatic hydroxyl groups excluding tert-OH is 1. The zero-order chi connectivity index (χ0) is 22.0. The van der Waals surface area contributed by atoms with Gasteiger partial charge in [0.25, 0.3) is 5.91 Å². The molecular weight excluding hydrogens is 388 g/mol. The molecule has 1 saturated heterocycles. The highest BCUT2D eigenvalue weighted by Crippen LogP contribution is 2.42. The molecule has 2 aliphatic rings. The minimum absolute atomic E-state index is 0.136. The summed E-state index contributed by atoms with van der Waals surface area (Å²) in [4.78, 5) is 30.1. The van der Waals surface area contributed by atoms with Gasteiger partial charge in [-0.3, -0.25) is 14.5 Å². The lowest BCUT2D eigenvalue weighted by atomic mass is 9.92. The van der Waals surface area contributed by atoms with E-state index in [0.29, 0.717) is 5.69 Å². The fourth-order valence-corrected chi connectivity index (χ4v) is 4.56. The molecule has 0 radical (unpaired) electrons. The van der Waals surface area contributed by atoms with Gasteiger partial charge in [0.2, 0.25) is 0 Å². The predicted molar refractivity (Wildman–Crippen MR) is 123 cm³/mol. The lowest BCUT2D eigenvalue weighted by Gasteiger charge is -2.30. The number of Topliss-reactive ketones (excluding diaryl/α,β-unsaturated/α-hetero) is 1. The average molecular weight is 419 g/mol.